The third-order valence-corrected chi connectivity index (χ3v) is 4.24. The van der Waals surface area contributed by atoms with Crippen LogP contribution in [0.2, 0.25) is 0 Å². The number of rotatable bonds is 5. The van der Waals surface area contributed by atoms with Gasteiger partial charge in [-0.15, -0.1) is 0 Å². The van der Waals surface area contributed by atoms with Gasteiger partial charge in [0.15, 0.2) is 0 Å². The van der Waals surface area contributed by atoms with Crippen molar-refractivity contribution in [1.29, 1.82) is 0 Å². The van der Waals surface area contributed by atoms with E-state index in [1.165, 1.54) is 32.1 Å². The van der Waals surface area contributed by atoms with Crippen molar-refractivity contribution in [3.8, 4) is 0 Å². The molecule has 1 unspecified atom stereocenters. The van der Waals surface area contributed by atoms with Gasteiger partial charge in [-0.25, -0.2) is 0 Å². The first-order chi connectivity index (χ1) is 8.83. The number of nitrogens with two attached hydrogens (primary N) is 1. The highest BCUT2D eigenvalue weighted by molar-refractivity contribution is 5.79. The summed E-state index contributed by atoms with van der Waals surface area (Å²) < 4.78 is 0. The molecule has 3 heteroatoms. The van der Waals surface area contributed by atoms with Crippen LogP contribution in [-0.2, 0) is 4.79 Å². The van der Waals surface area contributed by atoms with Crippen LogP contribution in [0.1, 0.15) is 66.2 Å². The molecule has 0 aromatic rings. The first kappa shape index (κ1) is 16.5. The Morgan fingerprint density at radius 3 is 2.32 bits per heavy atom. The molecule has 0 saturated heterocycles. The van der Waals surface area contributed by atoms with Gasteiger partial charge in [-0.3, -0.25) is 4.79 Å². The summed E-state index contributed by atoms with van der Waals surface area (Å²) in [5, 5.41) is 3.20. The van der Waals surface area contributed by atoms with Crippen LogP contribution < -0.4 is 11.1 Å². The average Bonchev–Trinajstić information content (AvgIpc) is 2.35. The fraction of sp³-hybridized carbons (Fsp3) is 0.938. The van der Waals surface area contributed by atoms with E-state index in [0.29, 0.717) is 18.5 Å². The predicted octanol–water partition coefficient (Wildman–Crippen LogP) is 3.08. The topological polar surface area (TPSA) is 55.1 Å². The maximum Gasteiger partial charge on any atom is 0.224 e. The summed E-state index contributed by atoms with van der Waals surface area (Å²) >= 11 is 0. The van der Waals surface area contributed by atoms with E-state index in [0.717, 1.165) is 6.42 Å². The van der Waals surface area contributed by atoms with E-state index in [4.69, 9.17) is 5.73 Å². The third kappa shape index (κ3) is 5.94. The summed E-state index contributed by atoms with van der Waals surface area (Å²) in [6, 6.07) is 0.293. The van der Waals surface area contributed by atoms with Crippen LogP contribution in [0, 0.1) is 17.3 Å². The standard InChI is InChI=1S/C16H32N2O/c1-12(13-8-6-5-7-9-13)18-15(19)14(11-17)10-16(2,3)4/h12-14H,5-11,17H2,1-4H3,(H,18,19)/t12-,14?/m1/s1. The summed E-state index contributed by atoms with van der Waals surface area (Å²) in [6.07, 6.45) is 7.35. The fourth-order valence-corrected chi connectivity index (χ4v) is 3.12. The van der Waals surface area contributed by atoms with Crippen molar-refractivity contribution < 1.29 is 4.79 Å². The smallest absolute Gasteiger partial charge is 0.224 e. The normalized spacial score (nSPS) is 20.9. The van der Waals surface area contributed by atoms with Crippen molar-refractivity contribution in [3.63, 3.8) is 0 Å². The van der Waals surface area contributed by atoms with Gasteiger partial charge in [0.2, 0.25) is 5.91 Å². The van der Waals surface area contributed by atoms with Gasteiger partial charge >= 0.3 is 0 Å². The van der Waals surface area contributed by atoms with Crippen LogP contribution in [0.3, 0.4) is 0 Å². The Kier molecular flexibility index (Phi) is 6.31. The van der Waals surface area contributed by atoms with Crippen molar-refractivity contribution in [2.45, 2.75) is 72.3 Å². The van der Waals surface area contributed by atoms with Crippen molar-refractivity contribution in [2.75, 3.05) is 6.54 Å². The fourth-order valence-electron chi connectivity index (χ4n) is 3.12. The van der Waals surface area contributed by atoms with Gasteiger partial charge in [0.1, 0.15) is 0 Å². The first-order valence-electron chi connectivity index (χ1n) is 7.84. The van der Waals surface area contributed by atoms with E-state index < -0.39 is 0 Å². The minimum atomic E-state index is -0.0500. The second-order valence-electron chi connectivity index (χ2n) is 7.39. The molecule has 0 aromatic heterocycles. The largest absolute Gasteiger partial charge is 0.353 e. The molecule has 1 aliphatic carbocycles. The predicted molar refractivity (Wildman–Crippen MR) is 80.8 cm³/mol. The molecule has 1 saturated carbocycles. The molecule has 3 N–H and O–H groups in total. The molecule has 0 aliphatic heterocycles. The van der Waals surface area contributed by atoms with E-state index in [1.54, 1.807) is 0 Å². The zero-order chi connectivity index (χ0) is 14.5. The third-order valence-electron chi connectivity index (χ3n) is 4.24. The molecule has 0 bridgehead atoms. The monoisotopic (exact) mass is 268 g/mol. The Balaban J connectivity index is 2.46. The van der Waals surface area contributed by atoms with Gasteiger partial charge in [-0.1, -0.05) is 40.0 Å². The second kappa shape index (κ2) is 7.28. The maximum absolute atomic E-state index is 12.3. The Morgan fingerprint density at radius 1 is 1.26 bits per heavy atom. The highest BCUT2D eigenvalue weighted by Gasteiger charge is 2.27. The number of carbonyl (C=O) groups is 1. The highest BCUT2D eigenvalue weighted by Crippen LogP contribution is 2.27. The average molecular weight is 268 g/mol. The van der Waals surface area contributed by atoms with Crippen LogP contribution >= 0.6 is 0 Å². The lowest BCUT2D eigenvalue weighted by atomic mass is 9.82. The van der Waals surface area contributed by atoms with E-state index >= 15 is 0 Å². The molecule has 0 spiro atoms. The first-order valence-corrected chi connectivity index (χ1v) is 7.84. The lowest BCUT2D eigenvalue weighted by Crippen LogP contribution is -2.44. The quantitative estimate of drug-likeness (QED) is 0.805. The molecule has 19 heavy (non-hydrogen) atoms. The summed E-state index contributed by atoms with van der Waals surface area (Å²) in [6.45, 7) is 9.08. The summed E-state index contributed by atoms with van der Waals surface area (Å²) in [7, 11) is 0. The molecular weight excluding hydrogens is 236 g/mol. The Morgan fingerprint density at radius 2 is 1.84 bits per heavy atom. The zero-order valence-electron chi connectivity index (χ0n) is 13.2. The van der Waals surface area contributed by atoms with Crippen LogP contribution in [0.15, 0.2) is 0 Å². The number of hydrogen-bond donors (Lipinski definition) is 2. The van der Waals surface area contributed by atoms with Crippen LogP contribution in [0.4, 0.5) is 0 Å². The Hall–Kier alpha value is -0.570. The minimum Gasteiger partial charge on any atom is -0.353 e. The molecule has 1 aliphatic rings. The molecular formula is C16H32N2O. The summed E-state index contributed by atoms with van der Waals surface area (Å²) in [5.74, 6) is 0.757. The van der Waals surface area contributed by atoms with Gasteiger partial charge in [-0.05, 0) is 37.5 Å². The van der Waals surface area contributed by atoms with Gasteiger partial charge in [0.25, 0.3) is 0 Å². The van der Waals surface area contributed by atoms with Crippen molar-refractivity contribution in [2.24, 2.45) is 23.0 Å². The molecule has 112 valence electrons. The molecule has 0 heterocycles. The zero-order valence-corrected chi connectivity index (χ0v) is 13.2. The van der Waals surface area contributed by atoms with E-state index in [1.807, 2.05) is 0 Å². The van der Waals surface area contributed by atoms with Crippen LogP contribution in [-0.4, -0.2) is 18.5 Å². The molecule has 0 aromatic carbocycles. The lowest BCUT2D eigenvalue weighted by Gasteiger charge is -2.30. The van der Waals surface area contributed by atoms with E-state index in [2.05, 4.69) is 33.0 Å². The van der Waals surface area contributed by atoms with Crippen LogP contribution in [0.5, 0.6) is 0 Å². The molecule has 1 rings (SSSR count). The van der Waals surface area contributed by atoms with E-state index in [9.17, 15) is 4.79 Å². The summed E-state index contributed by atoms with van der Waals surface area (Å²) in [4.78, 5) is 12.3. The number of nitrogens with one attached hydrogen (secondary N) is 1. The van der Waals surface area contributed by atoms with Crippen LogP contribution in [0.25, 0.3) is 0 Å². The Labute approximate surface area is 118 Å². The number of hydrogen-bond acceptors (Lipinski definition) is 2. The van der Waals surface area contributed by atoms with Crippen molar-refractivity contribution in [3.05, 3.63) is 0 Å². The molecule has 2 atom stereocenters. The van der Waals surface area contributed by atoms with Gasteiger partial charge < -0.3 is 11.1 Å². The molecule has 0 radical (unpaired) electrons. The van der Waals surface area contributed by atoms with Crippen molar-refractivity contribution >= 4 is 5.91 Å². The van der Waals surface area contributed by atoms with E-state index in [-0.39, 0.29) is 17.2 Å². The van der Waals surface area contributed by atoms with Gasteiger partial charge in [0, 0.05) is 12.6 Å². The molecule has 1 fully saturated rings. The molecule has 3 nitrogen and oxygen atoms in total. The molecule has 1 amide bonds. The Bertz CT molecular complexity index is 277. The highest BCUT2D eigenvalue weighted by atomic mass is 16.1. The maximum atomic E-state index is 12.3. The second-order valence-corrected chi connectivity index (χ2v) is 7.39. The SMILES string of the molecule is C[C@@H](NC(=O)C(CN)CC(C)(C)C)C1CCCCC1. The van der Waals surface area contributed by atoms with Gasteiger partial charge in [0.05, 0.1) is 5.92 Å². The number of carbonyl (C=O) groups excluding carboxylic acids is 1. The lowest BCUT2D eigenvalue weighted by molar-refractivity contribution is -0.126. The number of amides is 1. The van der Waals surface area contributed by atoms with Crippen molar-refractivity contribution in [1.82, 2.24) is 5.32 Å². The minimum absolute atomic E-state index is 0.0500. The van der Waals surface area contributed by atoms with Gasteiger partial charge in [-0.2, -0.15) is 0 Å². The summed E-state index contributed by atoms with van der Waals surface area (Å²) in [5.41, 5.74) is 5.92.